The maximum absolute atomic E-state index is 11.3. The van der Waals surface area contributed by atoms with E-state index in [1.165, 1.54) is 21.5 Å². The average Bonchev–Trinajstić information content (AvgIpc) is 3.60. The molecule has 7 nitrogen and oxygen atoms in total. The van der Waals surface area contributed by atoms with E-state index >= 15 is 0 Å². The van der Waals surface area contributed by atoms with E-state index in [1.54, 1.807) is 12.3 Å². The minimum Gasteiger partial charge on any atom is -0.492 e. The first-order valence-corrected chi connectivity index (χ1v) is 12.7. The number of halogens is 1. The molecule has 1 fully saturated rings. The van der Waals surface area contributed by atoms with Crippen LogP contribution in [0.1, 0.15) is 16.5 Å². The lowest BCUT2D eigenvalue weighted by Crippen LogP contribution is -2.47. The molecule has 1 saturated heterocycles. The van der Waals surface area contributed by atoms with Gasteiger partial charge in [0.15, 0.2) is 5.76 Å². The Balaban J connectivity index is 1.35. The van der Waals surface area contributed by atoms with Gasteiger partial charge in [-0.25, -0.2) is 0 Å². The van der Waals surface area contributed by atoms with Gasteiger partial charge in [-0.3, -0.25) is 4.90 Å². The first-order chi connectivity index (χ1) is 16.7. The Hall–Kier alpha value is -3.14. The Morgan fingerprint density at radius 2 is 1.79 bits per heavy atom. The second-order valence-corrected chi connectivity index (χ2v) is 10.1. The van der Waals surface area contributed by atoms with Crippen molar-refractivity contribution in [1.82, 2.24) is 19.5 Å². The second-order valence-electron chi connectivity index (χ2n) is 8.21. The number of piperazine rings is 1. The molecule has 1 N–H and O–H groups in total. The molecule has 0 aliphatic carbocycles. The standard InChI is InChI=1S/C25H22BrN5O2S/c26-18-7-4-6-17(16-18)21(30-13-11-29(12-14-30)19-8-2-1-3-9-19)22-24(32)31-25(34-22)27-23(28-31)20-10-5-15-33-20/h1-10,15-16,21,32H,11-14H2/t21-/m0/s1. The first kappa shape index (κ1) is 21.4. The molecule has 172 valence electrons. The zero-order chi connectivity index (χ0) is 23.1. The fourth-order valence-electron chi connectivity index (χ4n) is 4.52. The minimum atomic E-state index is -0.101. The predicted molar refractivity (Wildman–Crippen MR) is 136 cm³/mol. The third-order valence-corrected chi connectivity index (χ3v) is 7.72. The van der Waals surface area contributed by atoms with Gasteiger partial charge >= 0.3 is 0 Å². The summed E-state index contributed by atoms with van der Waals surface area (Å²) in [5.41, 5.74) is 2.36. The van der Waals surface area contributed by atoms with Crippen LogP contribution in [0.2, 0.25) is 0 Å². The van der Waals surface area contributed by atoms with Gasteiger partial charge in [0.25, 0.3) is 0 Å². The van der Waals surface area contributed by atoms with Gasteiger partial charge in [-0.2, -0.15) is 9.50 Å². The summed E-state index contributed by atoms with van der Waals surface area (Å²) in [5, 5.41) is 15.8. The van der Waals surface area contributed by atoms with Crippen molar-refractivity contribution in [3.8, 4) is 17.5 Å². The van der Waals surface area contributed by atoms with Crippen molar-refractivity contribution >= 4 is 37.9 Å². The zero-order valence-electron chi connectivity index (χ0n) is 18.2. The van der Waals surface area contributed by atoms with Crippen molar-refractivity contribution in [2.24, 2.45) is 0 Å². The molecule has 5 aromatic rings. The predicted octanol–water partition coefficient (Wildman–Crippen LogP) is 5.43. The molecule has 0 spiro atoms. The van der Waals surface area contributed by atoms with Crippen LogP contribution in [-0.4, -0.2) is 50.8 Å². The summed E-state index contributed by atoms with van der Waals surface area (Å²) in [7, 11) is 0. The summed E-state index contributed by atoms with van der Waals surface area (Å²) in [6.07, 6.45) is 1.59. The topological polar surface area (TPSA) is 70.0 Å². The number of furan rings is 1. The van der Waals surface area contributed by atoms with Crippen LogP contribution in [0, 0.1) is 0 Å². The van der Waals surface area contributed by atoms with Crippen LogP contribution >= 0.6 is 27.3 Å². The molecule has 1 aliphatic heterocycles. The van der Waals surface area contributed by atoms with E-state index < -0.39 is 0 Å². The van der Waals surface area contributed by atoms with Crippen molar-refractivity contribution in [2.45, 2.75) is 6.04 Å². The molecular weight excluding hydrogens is 514 g/mol. The van der Waals surface area contributed by atoms with E-state index in [1.807, 2.05) is 24.3 Å². The van der Waals surface area contributed by atoms with Gasteiger partial charge in [-0.05, 0) is 42.0 Å². The first-order valence-electron chi connectivity index (χ1n) is 11.1. The summed E-state index contributed by atoms with van der Waals surface area (Å²) < 4.78 is 7.95. The third-order valence-electron chi connectivity index (χ3n) is 6.15. The van der Waals surface area contributed by atoms with Crippen LogP contribution in [0.3, 0.4) is 0 Å². The van der Waals surface area contributed by atoms with Crippen LogP contribution in [0.25, 0.3) is 16.5 Å². The summed E-state index contributed by atoms with van der Waals surface area (Å²) in [4.78, 5) is 10.9. The molecule has 0 bridgehead atoms. The number of hydrogen-bond donors (Lipinski definition) is 1. The number of fused-ring (bicyclic) bond motifs is 1. The summed E-state index contributed by atoms with van der Waals surface area (Å²) in [6, 6.07) is 22.3. The monoisotopic (exact) mass is 535 g/mol. The third kappa shape index (κ3) is 3.89. The van der Waals surface area contributed by atoms with E-state index in [0.717, 1.165) is 41.1 Å². The molecule has 6 rings (SSSR count). The Morgan fingerprint density at radius 3 is 2.50 bits per heavy atom. The molecule has 9 heteroatoms. The smallest absolute Gasteiger partial charge is 0.230 e. The number of aromatic nitrogens is 3. The second kappa shape index (κ2) is 8.90. The van der Waals surface area contributed by atoms with Crippen LogP contribution < -0.4 is 4.90 Å². The van der Waals surface area contributed by atoms with E-state index in [2.05, 4.69) is 72.2 Å². The van der Waals surface area contributed by atoms with Crippen molar-refractivity contribution < 1.29 is 9.52 Å². The van der Waals surface area contributed by atoms with Gasteiger partial charge < -0.3 is 14.4 Å². The van der Waals surface area contributed by atoms with E-state index in [9.17, 15) is 5.11 Å². The Labute approximate surface area is 209 Å². The van der Waals surface area contributed by atoms with E-state index in [0.29, 0.717) is 16.5 Å². The maximum Gasteiger partial charge on any atom is 0.230 e. The lowest BCUT2D eigenvalue weighted by molar-refractivity contribution is 0.211. The Morgan fingerprint density at radius 1 is 0.971 bits per heavy atom. The van der Waals surface area contributed by atoms with Gasteiger partial charge in [0.2, 0.25) is 16.7 Å². The summed E-state index contributed by atoms with van der Waals surface area (Å²) >= 11 is 5.09. The number of nitrogens with zero attached hydrogens (tertiary/aromatic N) is 5. The number of anilines is 1. The highest BCUT2D eigenvalue weighted by atomic mass is 79.9. The molecule has 4 heterocycles. The lowest BCUT2D eigenvalue weighted by atomic mass is 10.0. The lowest BCUT2D eigenvalue weighted by Gasteiger charge is -2.40. The highest BCUT2D eigenvalue weighted by molar-refractivity contribution is 9.10. The van der Waals surface area contributed by atoms with E-state index in [4.69, 9.17) is 4.42 Å². The van der Waals surface area contributed by atoms with Gasteiger partial charge in [0.05, 0.1) is 17.2 Å². The highest BCUT2D eigenvalue weighted by Crippen LogP contribution is 2.41. The van der Waals surface area contributed by atoms with Crippen molar-refractivity contribution in [2.75, 3.05) is 31.1 Å². The summed E-state index contributed by atoms with van der Waals surface area (Å²) in [6.45, 7) is 3.57. The molecule has 0 amide bonds. The Bertz CT molecular complexity index is 1410. The largest absolute Gasteiger partial charge is 0.492 e. The summed E-state index contributed by atoms with van der Waals surface area (Å²) in [5.74, 6) is 1.17. The molecular formula is C25H22BrN5O2S. The number of rotatable bonds is 5. The molecule has 34 heavy (non-hydrogen) atoms. The van der Waals surface area contributed by atoms with Gasteiger partial charge in [0, 0.05) is 36.3 Å². The molecule has 0 radical (unpaired) electrons. The number of hydrogen-bond acceptors (Lipinski definition) is 7. The molecule has 1 aliphatic rings. The zero-order valence-corrected chi connectivity index (χ0v) is 20.6. The number of thiazole rings is 1. The minimum absolute atomic E-state index is 0.101. The SMILES string of the molecule is Oc1c([C@H](c2cccc(Br)c2)N2CCN(c3ccccc3)CC2)sc2nc(-c3ccco3)nn12. The van der Waals surface area contributed by atoms with Crippen LogP contribution in [0.4, 0.5) is 5.69 Å². The maximum atomic E-state index is 11.3. The van der Waals surface area contributed by atoms with Crippen LogP contribution in [-0.2, 0) is 0 Å². The average molecular weight is 536 g/mol. The fraction of sp³-hybridized carbons (Fsp3) is 0.200. The van der Waals surface area contributed by atoms with Crippen LogP contribution in [0.15, 0.2) is 81.9 Å². The fourth-order valence-corrected chi connectivity index (χ4v) is 6.05. The number of para-hydroxylation sites is 1. The van der Waals surface area contributed by atoms with Crippen molar-refractivity contribution in [3.63, 3.8) is 0 Å². The van der Waals surface area contributed by atoms with Gasteiger partial charge in [-0.15, -0.1) is 5.10 Å². The highest BCUT2D eigenvalue weighted by Gasteiger charge is 2.32. The Kier molecular flexibility index (Phi) is 5.60. The van der Waals surface area contributed by atoms with E-state index in [-0.39, 0.29) is 11.9 Å². The molecule has 2 aromatic carbocycles. The molecule has 3 aromatic heterocycles. The molecule has 1 atom stereocenters. The quantitative estimate of drug-likeness (QED) is 0.323. The van der Waals surface area contributed by atoms with Gasteiger partial charge in [0.1, 0.15) is 0 Å². The molecule has 0 unspecified atom stereocenters. The van der Waals surface area contributed by atoms with Crippen molar-refractivity contribution in [3.05, 3.63) is 87.9 Å². The van der Waals surface area contributed by atoms with Gasteiger partial charge in [-0.1, -0.05) is 57.6 Å². The van der Waals surface area contributed by atoms with Crippen LogP contribution in [0.5, 0.6) is 5.88 Å². The molecule has 0 saturated carbocycles. The normalized spacial score (nSPS) is 15.7. The number of aromatic hydroxyl groups is 1. The number of benzene rings is 2. The van der Waals surface area contributed by atoms with Crippen molar-refractivity contribution in [1.29, 1.82) is 0 Å².